The molecule has 3 rings (SSSR count). The zero-order valence-corrected chi connectivity index (χ0v) is 15.0. The summed E-state index contributed by atoms with van der Waals surface area (Å²) in [5.74, 6) is 0.834. The molecule has 1 aliphatic rings. The Labute approximate surface area is 154 Å². The topological polar surface area (TPSA) is 58.6 Å². The third-order valence-electron chi connectivity index (χ3n) is 4.61. The molecular weight excluding hydrogens is 328 g/mol. The average molecular weight is 352 g/mol. The summed E-state index contributed by atoms with van der Waals surface area (Å²) in [7, 11) is 1.63. The van der Waals surface area contributed by atoms with Gasteiger partial charge in [-0.1, -0.05) is 12.1 Å². The van der Waals surface area contributed by atoms with Crippen LogP contribution >= 0.6 is 0 Å². The second-order valence-electron chi connectivity index (χ2n) is 6.47. The van der Waals surface area contributed by atoms with Gasteiger partial charge in [-0.25, -0.2) is 0 Å². The Morgan fingerprint density at radius 3 is 2.27 bits per heavy atom. The van der Waals surface area contributed by atoms with Crippen molar-refractivity contribution in [2.45, 2.75) is 25.7 Å². The lowest BCUT2D eigenvalue weighted by Crippen LogP contribution is -2.27. The largest absolute Gasteiger partial charge is 0.497 e. The second-order valence-corrected chi connectivity index (χ2v) is 6.47. The van der Waals surface area contributed by atoms with E-state index in [9.17, 15) is 9.59 Å². The number of likely N-dealkylation sites (tertiary alicyclic amines) is 1. The molecule has 0 unspecified atom stereocenters. The predicted octanol–water partition coefficient (Wildman–Crippen LogP) is 3.50. The van der Waals surface area contributed by atoms with Crippen LogP contribution in [0.25, 0.3) is 0 Å². The molecule has 1 aliphatic heterocycles. The van der Waals surface area contributed by atoms with Crippen molar-refractivity contribution >= 4 is 17.5 Å². The van der Waals surface area contributed by atoms with E-state index in [4.69, 9.17) is 4.74 Å². The van der Waals surface area contributed by atoms with Gasteiger partial charge in [0.05, 0.1) is 7.11 Å². The SMILES string of the molecule is COc1ccc(CCC(=O)Nc2ccc(C(=O)N3CCCC3)cc2)cc1. The maximum absolute atomic E-state index is 12.3. The summed E-state index contributed by atoms with van der Waals surface area (Å²) in [6.07, 6.45) is 3.23. The fraction of sp³-hybridized carbons (Fsp3) is 0.333. The highest BCUT2D eigenvalue weighted by Gasteiger charge is 2.19. The first-order valence-electron chi connectivity index (χ1n) is 8.98. The van der Waals surface area contributed by atoms with Crippen LogP contribution in [0.5, 0.6) is 5.75 Å². The van der Waals surface area contributed by atoms with E-state index in [2.05, 4.69) is 5.32 Å². The molecule has 1 N–H and O–H groups in total. The molecule has 0 radical (unpaired) electrons. The van der Waals surface area contributed by atoms with Gasteiger partial charge in [-0.2, -0.15) is 0 Å². The highest BCUT2D eigenvalue weighted by Crippen LogP contribution is 2.16. The number of ether oxygens (including phenoxy) is 1. The van der Waals surface area contributed by atoms with Crippen molar-refractivity contribution < 1.29 is 14.3 Å². The van der Waals surface area contributed by atoms with E-state index >= 15 is 0 Å². The van der Waals surface area contributed by atoms with E-state index in [0.29, 0.717) is 24.1 Å². The highest BCUT2D eigenvalue weighted by molar-refractivity contribution is 5.96. The van der Waals surface area contributed by atoms with E-state index in [0.717, 1.165) is 37.2 Å². The molecule has 5 nitrogen and oxygen atoms in total. The second kappa shape index (κ2) is 8.52. The third-order valence-corrected chi connectivity index (χ3v) is 4.61. The number of nitrogens with one attached hydrogen (secondary N) is 1. The van der Waals surface area contributed by atoms with Gasteiger partial charge in [0.1, 0.15) is 5.75 Å². The number of carbonyl (C=O) groups excluding carboxylic acids is 2. The molecule has 1 saturated heterocycles. The van der Waals surface area contributed by atoms with Crippen LogP contribution in [0.3, 0.4) is 0 Å². The predicted molar refractivity (Wildman–Crippen MR) is 102 cm³/mol. The number of hydrogen-bond donors (Lipinski definition) is 1. The van der Waals surface area contributed by atoms with Gasteiger partial charge in [0.2, 0.25) is 5.91 Å². The van der Waals surface area contributed by atoms with Crippen LogP contribution < -0.4 is 10.1 Å². The van der Waals surface area contributed by atoms with Gasteiger partial charge < -0.3 is 15.0 Å². The molecule has 0 saturated carbocycles. The van der Waals surface area contributed by atoms with Gasteiger partial charge in [0, 0.05) is 30.8 Å². The summed E-state index contributed by atoms with van der Waals surface area (Å²) in [5, 5.41) is 2.88. The van der Waals surface area contributed by atoms with Crippen LogP contribution in [0.1, 0.15) is 35.2 Å². The van der Waals surface area contributed by atoms with Gasteiger partial charge in [-0.15, -0.1) is 0 Å². The van der Waals surface area contributed by atoms with E-state index in [1.807, 2.05) is 29.2 Å². The van der Waals surface area contributed by atoms with Gasteiger partial charge in [0.15, 0.2) is 0 Å². The van der Waals surface area contributed by atoms with Crippen LogP contribution in [-0.4, -0.2) is 36.9 Å². The van der Waals surface area contributed by atoms with E-state index < -0.39 is 0 Å². The number of benzene rings is 2. The molecule has 0 spiro atoms. The maximum Gasteiger partial charge on any atom is 0.253 e. The Kier molecular flexibility index (Phi) is 5.89. The molecule has 26 heavy (non-hydrogen) atoms. The van der Waals surface area contributed by atoms with Crippen molar-refractivity contribution in [1.29, 1.82) is 0 Å². The van der Waals surface area contributed by atoms with Crippen molar-refractivity contribution in [2.75, 3.05) is 25.5 Å². The number of anilines is 1. The van der Waals surface area contributed by atoms with Gasteiger partial charge >= 0.3 is 0 Å². The van der Waals surface area contributed by atoms with Crippen LogP contribution in [0.4, 0.5) is 5.69 Å². The number of aryl methyl sites for hydroxylation is 1. The summed E-state index contributed by atoms with van der Waals surface area (Å²) in [6.45, 7) is 1.67. The summed E-state index contributed by atoms with van der Waals surface area (Å²) in [5.41, 5.74) is 2.47. The number of amides is 2. The molecule has 1 heterocycles. The first-order chi connectivity index (χ1) is 12.7. The number of rotatable bonds is 6. The Morgan fingerprint density at radius 2 is 1.65 bits per heavy atom. The highest BCUT2D eigenvalue weighted by atomic mass is 16.5. The lowest BCUT2D eigenvalue weighted by Gasteiger charge is -2.15. The number of nitrogens with zero attached hydrogens (tertiary/aromatic N) is 1. The molecule has 136 valence electrons. The monoisotopic (exact) mass is 352 g/mol. The van der Waals surface area contributed by atoms with Crippen LogP contribution in [0, 0.1) is 0 Å². The van der Waals surface area contributed by atoms with E-state index in [1.54, 1.807) is 31.4 Å². The minimum absolute atomic E-state index is 0.0422. The normalized spacial score (nSPS) is 13.5. The Morgan fingerprint density at radius 1 is 1.00 bits per heavy atom. The lowest BCUT2D eigenvalue weighted by atomic mass is 10.1. The van der Waals surface area contributed by atoms with Gasteiger partial charge in [-0.3, -0.25) is 9.59 Å². The zero-order valence-electron chi connectivity index (χ0n) is 15.0. The molecule has 2 aromatic carbocycles. The molecule has 0 atom stereocenters. The van der Waals surface area contributed by atoms with Crippen LogP contribution in [-0.2, 0) is 11.2 Å². The van der Waals surface area contributed by atoms with Crippen molar-refractivity contribution in [3.05, 3.63) is 59.7 Å². The summed E-state index contributed by atoms with van der Waals surface area (Å²) < 4.78 is 5.13. The van der Waals surface area contributed by atoms with Gasteiger partial charge in [0.25, 0.3) is 5.91 Å². The zero-order chi connectivity index (χ0) is 18.4. The minimum atomic E-state index is -0.0422. The molecule has 2 aromatic rings. The molecule has 2 amide bonds. The standard InChI is InChI=1S/C21H24N2O3/c1-26-19-11-4-16(5-12-19)6-13-20(24)22-18-9-7-17(8-10-18)21(25)23-14-2-3-15-23/h4-5,7-12H,2-3,6,13-15H2,1H3,(H,22,24). The van der Waals surface area contributed by atoms with E-state index in [-0.39, 0.29) is 11.8 Å². The number of carbonyl (C=O) groups is 2. The quantitative estimate of drug-likeness (QED) is 0.866. The number of methoxy groups -OCH3 is 1. The third kappa shape index (κ3) is 4.63. The average Bonchev–Trinajstić information content (AvgIpc) is 3.21. The molecule has 0 aliphatic carbocycles. The fourth-order valence-corrected chi connectivity index (χ4v) is 3.07. The van der Waals surface area contributed by atoms with Crippen LogP contribution in [0.2, 0.25) is 0 Å². The van der Waals surface area contributed by atoms with Gasteiger partial charge in [-0.05, 0) is 61.2 Å². The molecule has 1 fully saturated rings. The van der Waals surface area contributed by atoms with Crippen molar-refractivity contribution in [1.82, 2.24) is 4.90 Å². The summed E-state index contributed by atoms with van der Waals surface area (Å²) >= 11 is 0. The van der Waals surface area contributed by atoms with Crippen molar-refractivity contribution in [2.24, 2.45) is 0 Å². The molecule has 0 aromatic heterocycles. The summed E-state index contributed by atoms with van der Waals surface area (Å²) in [4.78, 5) is 26.3. The number of hydrogen-bond acceptors (Lipinski definition) is 3. The molecule has 0 bridgehead atoms. The van der Waals surface area contributed by atoms with Crippen molar-refractivity contribution in [3.63, 3.8) is 0 Å². The smallest absolute Gasteiger partial charge is 0.253 e. The van der Waals surface area contributed by atoms with Crippen LogP contribution in [0.15, 0.2) is 48.5 Å². The molecular formula is C21H24N2O3. The first-order valence-corrected chi connectivity index (χ1v) is 8.98. The Balaban J connectivity index is 1.49. The Hall–Kier alpha value is -2.82. The summed E-state index contributed by atoms with van der Waals surface area (Å²) in [6, 6.07) is 14.8. The first kappa shape index (κ1) is 18.0. The maximum atomic E-state index is 12.3. The van der Waals surface area contributed by atoms with E-state index in [1.165, 1.54) is 0 Å². The Bertz CT molecular complexity index is 748. The minimum Gasteiger partial charge on any atom is -0.497 e. The lowest BCUT2D eigenvalue weighted by molar-refractivity contribution is -0.116. The fourth-order valence-electron chi connectivity index (χ4n) is 3.07. The van der Waals surface area contributed by atoms with Crippen molar-refractivity contribution in [3.8, 4) is 5.75 Å². The molecule has 5 heteroatoms.